The van der Waals surface area contributed by atoms with Crippen molar-refractivity contribution in [3.8, 4) is 10.6 Å². The molecule has 1 N–H and O–H groups in total. The quantitative estimate of drug-likeness (QED) is 0.640. The zero-order valence-corrected chi connectivity index (χ0v) is 19.5. The minimum absolute atomic E-state index is 0.224. The van der Waals surface area contributed by atoms with Gasteiger partial charge in [0.25, 0.3) is 0 Å². The first-order valence-electron chi connectivity index (χ1n) is 11.7. The van der Waals surface area contributed by atoms with Crippen LogP contribution in [-0.4, -0.2) is 48.4 Å². The maximum absolute atomic E-state index is 12.7. The van der Waals surface area contributed by atoms with Crippen LogP contribution in [0.15, 0.2) is 24.3 Å². The average molecular weight is 428 g/mol. The first-order valence-corrected chi connectivity index (χ1v) is 12.5. The molecular weight excluding hydrogens is 390 g/mol. The summed E-state index contributed by atoms with van der Waals surface area (Å²) in [4.78, 5) is 20.5. The number of hydrogen-bond acceptors (Lipinski definition) is 5. The molecule has 1 aromatic carbocycles. The third-order valence-electron chi connectivity index (χ3n) is 5.95. The Hall–Kier alpha value is -1.56. The van der Waals surface area contributed by atoms with Crippen LogP contribution in [0.2, 0.25) is 0 Å². The van der Waals surface area contributed by atoms with E-state index < -0.39 is 0 Å². The van der Waals surface area contributed by atoms with Crippen molar-refractivity contribution >= 4 is 17.1 Å². The van der Waals surface area contributed by atoms with Gasteiger partial charge < -0.3 is 5.32 Å². The number of aromatic nitrogens is 1. The molecule has 5 heteroatoms. The van der Waals surface area contributed by atoms with Gasteiger partial charge in [-0.3, -0.25) is 9.69 Å². The summed E-state index contributed by atoms with van der Waals surface area (Å²) in [6.07, 6.45) is 10.3. The number of carbonyl (C=O) groups is 1. The molecule has 164 valence electrons. The number of piperidine rings is 1. The Bertz CT molecular complexity index is 776. The third-order valence-corrected chi connectivity index (χ3v) is 7.18. The number of carbonyl (C=O) groups excluding carboxylic acids is 1. The van der Waals surface area contributed by atoms with Crippen molar-refractivity contribution in [2.45, 2.75) is 65.2 Å². The molecule has 2 aliphatic heterocycles. The zero-order valence-electron chi connectivity index (χ0n) is 18.7. The van der Waals surface area contributed by atoms with Crippen molar-refractivity contribution in [2.75, 3.05) is 32.7 Å². The highest BCUT2D eigenvalue weighted by molar-refractivity contribution is 7.17. The Morgan fingerprint density at radius 2 is 1.70 bits per heavy atom. The van der Waals surface area contributed by atoms with E-state index in [4.69, 9.17) is 0 Å². The number of nitrogens with one attached hydrogen (secondary N) is 1. The summed E-state index contributed by atoms with van der Waals surface area (Å²) in [5.41, 5.74) is 3.33. The van der Waals surface area contributed by atoms with E-state index in [1.54, 1.807) is 11.3 Å². The second kappa shape index (κ2) is 12.3. The number of benzene rings is 1. The highest BCUT2D eigenvalue weighted by Crippen LogP contribution is 2.31. The van der Waals surface area contributed by atoms with E-state index in [-0.39, 0.29) is 5.78 Å². The highest BCUT2D eigenvalue weighted by Gasteiger charge is 2.20. The first kappa shape index (κ1) is 23.1. The topological polar surface area (TPSA) is 45.2 Å². The van der Waals surface area contributed by atoms with Crippen LogP contribution < -0.4 is 5.32 Å². The minimum atomic E-state index is 0.224. The molecule has 2 aliphatic rings. The normalized spacial score (nSPS) is 17.7. The van der Waals surface area contributed by atoms with Gasteiger partial charge in [0.05, 0.1) is 17.1 Å². The summed E-state index contributed by atoms with van der Waals surface area (Å²) in [6.45, 7) is 9.25. The fourth-order valence-electron chi connectivity index (χ4n) is 4.18. The van der Waals surface area contributed by atoms with Gasteiger partial charge in [-0.25, -0.2) is 4.98 Å². The number of Topliss-reactive ketones (excluding diaryl/α,β-unsaturated/α-hetero) is 1. The van der Waals surface area contributed by atoms with E-state index in [0.29, 0.717) is 6.54 Å². The van der Waals surface area contributed by atoms with Crippen LogP contribution in [0.25, 0.3) is 10.6 Å². The SMILES string of the molecule is C1CCCNCC1.CCc1ccccc1-c1nc(C)c(C(=O)CN2CCCCC2)s1. The zero-order chi connectivity index (χ0) is 21.2. The Morgan fingerprint density at radius 3 is 2.40 bits per heavy atom. The van der Waals surface area contributed by atoms with Gasteiger partial charge in [-0.15, -0.1) is 11.3 Å². The molecule has 0 atom stereocenters. The van der Waals surface area contributed by atoms with Gasteiger partial charge in [-0.2, -0.15) is 0 Å². The lowest BCUT2D eigenvalue weighted by molar-refractivity contribution is 0.0919. The molecule has 4 rings (SSSR count). The molecular formula is C25H37N3OS. The molecule has 2 aromatic rings. The van der Waals surface area contributed by atoms with Gasteiger partial charge in [0.2, 0.25) is 0 Å². The monoisotopic (exact) mass is 427 g/mol. The molecule has 0 bridgehead atoms. The largest absolute Gasteiger partial charge is 0.317 e. The van der Waals surface area contributed by atoms with E-state index in [9.17, 15) is 4.79 Å². The molecule has 0 saturated carbocycles. The Morgan fingerprint density at radius 1 is 1.03 bits per heavy atom. The first-order chi connectivity index (χ1) is 14.7. The van der Waals surface area contributed by atoms with E-state index >= 15 is 0 Å². The van der Waals surface area contributed by atoms with Gasteiger partial charge in [-0.05, 0) is 70.8 Å². The molecule has 0 aliphatic carbocycles. The van der Waals surface area contributed by atoms with Crippen molar-refractivity contribution in [1.29, 1.82) is 0 Å². The molecule has 0 spiro atoms. The smallest absolute Gasteiger partial charge is 0.188 e. The lowest BCUT2D eigenvalue weighted by atomic mass is 10.1. The fourth-order valence-corrected chi connectivity index (χ4v) is 5.24. The molecule has 30 heavy (non-hydrogen) atoms. The van der Waals surface area contributed by atoms with Crippen molar-refractivity contribution in [3.05, 3.63) is 40.4 Å². The molecule has 1 aromatic heterocycles. The highest BCUT2D eigenvalue weighted by atomic mass is 32.1. The summed E-state index contributed by atoms with van der Waals surface area (Å²) in [6, 6.07) is 8.35. The van der Waals surface area contributed by atoms with Crippen molar-refractivity contribution < 1.29 is 4.79 Å². The number of nitrogens with zero attached hydrogens (tertiary/aromatic N) is 2. The van der Waals surface area contributed by atoms with E-state index in [0.717, 1.165) is 35.1 Å². The molecule has 3 heterocycles. The summed E-state index contributed by atoms with van der Waals surface area (Å²) >= 11 is 1.55. The van der Waals surface area contributed by atoms with Crippen LogP contribution in [-0.2, 0) is 6.42 Å². The van der Waals surface area contributed by atoms with E-state index in [2.05, 4.69) is 40.3 Å². The molecule has 0 radical (unpaired) electrons. The van der Waals surface area contributed by atoms with Gasteiger partial charge in [0.1, 0.15) is 5.01 Å². The van der Waals surface area contributed by atoms with E-state index in [1.807, 2.05) is 13.0 Å². The number of ketones is 1. The Balaban J connectivity index is 0.000000310. The fraction of sp³-hybridized carbons (Fsp3) is 0.600. The summed E-state index contributed by atoms with van der Waals surface area (Å²) in [7, 11) is 0. The number of likely N-dealkylation sites (tertiary alicyclic amines) is 1. The standard InChI is InChI=1S/C19H24N2OS.C6H13N/c1-3-15-9-5-6-10-16(15)19-20-14(2)18(23-19)17(22)13-21-11-7-4-8-12-21;1-2-4-6-7-5-3-1/h5-6,9-10H,3-4,7-8,11-13H2,1-2H3;7H,1-6H2. The maximum atomic E-state index is 12.7. The van der Waals surface area contributed by atoms with E-state index in [1.165, 1.54) is 69.2 Å². The van der Waals surface area contributed by atoms with Crippen LogP contribution in [0, 0.1) is 6.92 Å². The lowest BCUT2D eigenvalue weighted by Crippen LogP contribution is -2.34. The molecule has 0 amide bonds. The van der Waals surface area contributed by atoms with Crippen LogP contribution in [0.5, 0.6) is 0 Å². The Kier molecular flexibility index (Phi) is 9.50. The van der Waals surface area contributed by atoms with Crippen molar-refractivity contribution in [1.82, 2.24) is 15.2 Å². The van der Waals surface area contributed by atoms with Crippen LogP contribution in [0.3, 0.4) is 0 Å². The van der Waals surface area contributed by atoms with Crippen molar-refractivity contribution in [3.63, 3.8) is 0 Å². The second-order valence-electron chi connectivity index (χ2n) is 8.37. The van der Waals surface area contributed by atoms with Crippen LogP contribution in [0.1, 0.15) is 72.8 Å². The van der Waals surface area contributed by atoms with Crippen LogP contribution in [0.4, 0.5) is 0 Å². The van der Waals surface area contributed by atoms with Crippen LogP contribution >= 0.6 is 11.3 Å². The lowest BCUT2D eigenvalue weighted by Gasteiger charge is -2.25. The maximum Gasteiger partial charge on any atom is 0.188 e. The van der Waals surface area contributed by atoms with Gasteiger partial charge >= 0.3 is 0 Å². The Labute approximate surface area is 186 Å². The third kappa shape index (κ3) is 6.73. The predicted octanol–water partition coefficient (Wildman–Crippen LogP) is 5.50. The number of aryl methyl sites for hydroxylation is 2. The molecule has 0 unspecified atom stereocenters. The summed E-state index contributed by atoms with van der Waals surface area (Å²) in [5.74, 6) is 0.224. The molecule has 2 fully saturated rings. The number of rotatable bonds is 5. The van der Waals surface area contributed by atoms with Gasteiger partial charge in [0, 0.05) is 5.56 Å². The number of thiazole rings is 1. The average Bonchev–Trinajstić information content (AvgIpc) is 2.96. The van der Waals surface area contributed by atoms with Crippen molar-refractivity contribution in [2.24, 2.45) is 0 Å². The van der Waals surface area contributed by atoms with Gasteiger partial charge in [-0.1, -0.05) is 50.5 Å². The summed E-state index contributed by atoms with van der Waals surface area (Å²) < 4.78 is 0. The summed E-state index contributed by atoms with van der Waals surface area (Å²) in [5, 5.41) is 4.32. The second-order valence-corrected chi connectivity index (χ2v) is 9.37. The number of hydrogen-bond donors (Lipinski definition) is 1. The predicted molar refractivity (Wildman–Crippen MR) is 128 cm³/mol. The molecule has 2 saturated heterocycles. The van der Waals surface area contributed by atoms with Gasteiger partial charge in [0.15, 0.2) is 5.78 Å². The minimum Gasteiger partial charge on any atom is -0.317 e. The molecule has 4 nitrogen and oxygen atoms in total.